The molecule has 5 aliphatic carbocycles. The van der Waals surface area contributed by atoms with Crippen LogP contribution in [-0.2, 0) is 9.53 Å². The summed E-state index contributed by atoms with van der Waals surface area (Å²) in [7, 11) is 0. The third-order valence-electron chi connectivity index (χ3n) is 13.8. The van der Waals surface area contributed by atoms with Gasteiger partial charge < -0.3 is 4.74 Å². The molecule has 198 valence electrons. The fourth-order valence-corrected chi connectivity index (χ4v) is 11.5. The third kappa shape index (κ3) is 3.35. The van der Waals surface area contributed by atoms with Crippen LogP contribution in [0.25, 0.3) is 0 Å². The number of allylic oxidation sites excluding steroid dienone is 2. The van der Waals surface area contributed by atoms with Gasteiger partial charge in [-0.3, -0.25) is 4.79 Å². The molecule has 5 aliphatic rings. The van der Waals surface area contributed by atoms with Crippen molar-refractivity contribution in [3.8, 4) is 0 Å². The van der Waals surface area contributed by atoms with Gasteiger partial charge in [-0.05, 0) is 122 Å². The Morgan fingerprint density at radius 3 is 2.17 bits per heavy atom. The number of esters is 1. The van der Waals surface area contributed by atoms with Gasteiger partial charge in [-0.25, -0.2) is 0 Å². The van der Waals surface area contributed by atoms with Crippen molar-refractivity contribution in [1.29, 1.82) is 0 Å². The zero-order chi connectivity index (χ0) is 25.6. The summed E-state index contributed by atoms with van der Waals surface area (Å²) >= 11 is 0. The van der Waals surface area contributed by atoms with Crippen molar-refractivity contribution < 1.29 is 9.53 Å². The predicted molar refractivity (Wildman–Crippen MR) is 145 cm³/mol. The molecule has 5 saturated carbocycles. The maximum atomic E-state index is 11.9. The van der Waals surface area contributed by atoms with Crippen molar-refractivity contribution in [2.45, 2.75) is 133 Å². The van der Waals surface area contributed by atoms with E-state index in [9.17, 15) is 4.79 Å². The number of hydrogen-bond donors (Lipinski definition) is 0. The summed E-state index contributed by atoms with van der Waals surface area (Å²) in [4.78, 5) is 11.9. The lowest BCUT2D eigenvalue weighted by atomic mass is 9.41. The minimum Gasteiger partial charge on any atom is -0.462 e. The zero-order valence-corrected chi connectivity index (χ0v) is 24.4. The molecule has 0 aromatic rings. The lowest BCUT2D eigenvalue weighted by Gasteiger charge is -2.63. The summed E-state index contributed by atoms with van der Waals surface area (Å²) in [6, 6.07) is 0. The topological polar surface area (TPSA) is 26.3 Å². The molecule has 5 fully saturated rings. The molecule has 0 aromatic heterocycles. The van der Waals surface area contributed by atoms with Gasteiger partial charge in [0.2, 0.25) is 0 Å². The van der Waals surface area contributed by atoms with Crippen LogP contribution >= 0.6 is 0 Å². The van der Waals surface area contributed by atoms with E-state index in [1.807, 2.05) is 0 Å². The maximum absolute atomic E-state index is 11.9. The average Bonchev–Trinajstić information content (AvgIpc) is 3.36. The average molecular weight is 483 g/mol. The molecular weight excluding hydrogens is 428 g/mol. The number of carbonyl (C=O) groups excluding carboxylic acids is 1. The highest BCUT2D eigenvalue weighted by molar-refractivity contribution is 5.66. The van der Waals surface area contributed by atoms with Gasteiger partial charge in [-0.15, -0.1) is 0 Å². The van der Waals surface area contributed by atoms with Gasteiger partial charge in [0.15, 0.2) is 0 Å². The molecule has 0 radical (unpaired) electrons. The van der Waals surface area contributed by atoms with Gasteiger partial charge >= 0.3 is 5.97 Å². The summed E-state index contributed by atoms with van der Waals surface area (Å²) < 4.78 is 5.91. The molecule has 9 unspecified atom stereocenters. The van der Waals surface area contributed by atoms with E-state index in [0.717, 1.165) is 30.1 Å². The highest BCUT2D eigenvalue weighted by Gasteiger charge is 2.82. The Kier molecular flexibility index (Phi) is 5.98. The Morgan fingerprint density at radius 2 is 1.51 bits per heavy atom. The van der Waals surface area contributed by atoms with E-state index in [1.165, 1.54) is 57.8 Å². The molecule has 0 saturated heterocycles. The number of carbonyl (C=O) groups is 1. The van der Waals surface area contributed by atoms with Crippen molar-refractivity contribution in [2.24, 2.45) is 56.7 Å². The molecular formula is C33H54O2. The van der Waals surface area contributed by atoms with E-state index in [4.69, 9.17) is 4.74 Å². The van der Waals surface area contributed by atoms with Crippen molar-refractivity contribution in [1.82, 2.24) is 0 Å². The second-order valence-electron chi connectivity index (χ2n) is 15.4. The normalized spacial score (nSPS) is 48.9. The van der Waals surface area contributed by atoms with Crippen LogP contribution in [0, 0.1) is 56.7 Å². The first-order valence-electron chi connectivity index (χ1n) is 15.1. The van der Waals surface area contributed by atoms with Crippen LogP contribution < -0.4 is 0 Å². The summed E-state index contributed by atoms with van der Waals surface area (Å²) in [5.41, 5.74) is 3.76. The Bertz CT molecular complexity index is 899. The van der Waals surface area contributed by atoms with E-state index in [2.05, 4.69) is 61.5 Å². The number of ether oxygens (including phenoxy) is 1. The van der Waals surface area contributed by atoms with Gasteiger partial charge in [0.05, 0.1) is 0 Å². The van der Waals surface area contributed by atoms with Gasteiger partial charge in [-0.2, -0.15) is 0 Å². The predicted octanol–water partition coefficient (Wildman–Crippen LogP) is 8.99. The molecule has 0 N–H and O–H groups in total. The summed E-state index contributed by atoms with van der Waals surface area (Å²) in [5.74, 6) is 3.84. The molecule has 2 heteroatoms. The Labute approximate surface area is 216 Å². The number of hydrogen-bond acceptors (Lipinski definition) is 2. The highest BCUT2D eigenvalue weighted by atomic mass is 16.5. The smallest absolute Gasteiger partial charge is 0.302 e. The molecule has 5 rings (SSSR count). The molecule has 2 spiro atoms. The lowest BCUT2D eigenvalue weighted by molar-refractivity contribution is -0.181. The standard InChI is InChI=1S/C33H54O2/c1-21(2)22(3)10-11-23(4)25-14-16-31(9)27-13-12-26-29(6,7)28(35-24(5)34)15-17-32(26)20-33(27,32)19-18-30(25,31)8/h10,21,23,25-28H,11-20H2,1-9H3. The highest BCUT2D eigenvalue weighted by Crippen LogP contribution is 2.89. The Balaban J connectivity index is 1.39. The van der Waals surface area contributed by atoms with Crippen LogP contribution in [0.2, 0.25) is 0 Å². The number of fused-ring (bicyclic) bond motifs is 2. The van der Waals surface area contributed by atoms with E-state index in [0.29, 0.717) is 27.6 Å². The van der Waals surface area contributed by atoms with Crippen LogP contribution in [-0.4, -0.2) is 12.1 Å². The first kappa shape index (κ1) is 25.8. The van der Waals surface area contributed by atoms with Gasteiger partial charge in [0, 0.05) is 12.3 Å². The fourth-order valence-electron chi connectivity index (χ4n) is 11.5. The Morgan fingerprint density at radius 1 is 0.857 bits per heavy atom. The van der Waals surface area contributed by atoms with E-state index in [-0.39, 0.29) is 17.5 Å². The summed E-state index contributed by atoms with van der Waals surface area (Å²) in [5, 5.41) is 0. The lowest BCUT2D eigenvalue weighted by Crippen LogP contribution is -2.58. The van der Waals surface area contributed by atoms with E-state index < -0.39 is 0 Å². The van der Waals surface area contributed by atoms with Crippen LogP contribution in [0.1, 0.15) is 127 Å². The summed E-state index contributed by atoms with van der Waals surface area (Å²) in [6.45, 7) is 21.4. The molecule has 0 amide bonds. The fraction of sp³-hybridized carbons (Fsp3) is 0.909. The zero-order valence-electron chi connectivity index (χ0n) is 24.4. The van der Waals surface area contributed by atoms with Crippen molar-refractivity contribution in [3.63, 3.8) is 0 Å². The van der Waals surface area contributed by atoms with Crippen LogP contribution in [0.3, 0.4) is 0 Å². The minimum atomic E-state index is -0.0938. The van der Waals surface area contributed by atoms with E-state index >= 15 is 0 Å². The molecule has 35 heavy (non-hydrogen) atoms. The second-order valence-corrected chi connectivity index (χ2v) is 15.4. The van der Waals surface area contributed by atoms with Crippen molar-refractivity contribution in [3.05, 3.63) is 11.6 Å². The van der Waals surface area contributed by atoms with Gasteiger partial charge in [0.1, 0.15) is 6.10 Å². The van der Waals surface area contributed by atoms with Crippen molar-refractivity contribution >= 4 is 5.97 Å². The van der Waals surface area contributed by atoms with Gasteiger partial charge in [-0.1, -0.05) is 60.1 Å². The first-order chi connectivity index (χ1) is 16.3. The molecule has 9 atom stereocenters. The Hall–Kier alpha value is -0.790. The molecule has 0 aromatic carbocycles. The van der Waals surface area contributed by atoms with Crippen LogP contribution in [0.15, 0.2) is 11.6 Å². The second kappa shape index (κ2) is 8.10. The molecule has 0 aliphatic heterocycles. The maximum Gasteiger partial charge on any atom is 0.302 e. The largest absolute Gasteiger partial charge is 0.462 e. The minimum absolute atomic E-state index is 0.0938. The van der Waals surface area contributed by atoms with Crippen LogP contribution in [0.5, 0.6) is 0 Å². The first-order valence-corrected chi connectivity index (χ1v) is 15.1. The number of rotatable bonds is 5. The molecule has 0 heterocycles. The molecule has 0 bridgehead atoms. The van der Waals surface area contributed by atoms with Crippen molar-refractivity contribution in [2.75, 3.05) is 0 Å². The SMILES string of the molecule is CC(=O)OC1CCC23CC24CCC2(C)C(C(C)CC=C(C)C(C)C)CCC2(C)C4CCC3C1(C)C. The monoisotopic (exact) mass is 482 g/mol. The van der Waals surface area contributed by atoms with E-state index in [1.54, 1.807) is 12.5 Å². The van der Waals surface area contributed by atoms with Crippen LogP contribution in [0.4, 0.5) is 0 Å². The summed E-state index contributed by atoms with van der Waals surface area (Å²) in [6.07, 6.45) is 16.3. The quantitative estimate of drug-likeness (QED) is 0.289. The van der Waals surface area contributed by atoms with Gasteiger partial charge in [0.25, 0.3) is 0 Å². The molecule has 2 nitrogen and oxygen atoms in total. The third-order valence-corrected chi connectivity index (χ3v) is 13.8.